The summed E-state index contributed by atoms with van der Waals surface area (Å²) in [4.78, 5) is 2.66. The summed E-state index contributed by atoms with van der Waals surface area (Å²) < 4.78 is 0. The summed E-state index contributed by atoms with van der Waals surface area (Å²) in [6.45, 7) is 11.5. The molecular weight excluding hydrogens is 244 g/mol. The second-order valence-corrected chi connectivity index (χ2v) is 6.35. The SMILES string of the molecule is CCCNC1CCN(C(C)c2ccc(C)cc2)C(C)C1. The summed E-state index contributed by atoms with van der Waals surface area (Å²) >= 11 is 0. The highest BCUT2D eigenvalue weighted by atomic mass is 15.2. The predicted octanol–water partition coefficient (Wildman–Crippen LogP) is 3.91. The Hall–Kier alpha value is -0.860. The standard InChI is InChI=1S/C18H30N2/c1-5-11-19-18-10-12-20(15(3)13-18)16(4)17-8-6-14(2)7-9-17/h6-9,15-16,18-19H,5,10-13H2,1-4H3. The molecule has 1 saturated heterocycles. The first-order valence-electron chi connectivity index (χ1n) is 8.17. The molecule has 3 atom stereocenters. The summed E-state index contributed by atoms with van der Waals surface area (Å²) in [5, 5.41) is 3.68. The van der Waals surface area contributed by atoms with Crippen LogP contribution in [0.1, 0.15) is 57.2 Å². The Kier molecular flexibility index (Phi) is 5.62. The van der Waals surface area contributed by atoms with Gasteiger partial charge in [-0.05, 0) is 52.1 Å². The normalized spacial score (nSPS) is 25.6. The third-order valence-electron chi connectivity index (χ3n) is 4.67. The van der Waals surface area contributed by atoms with Gasteiger partial charge in [0.25, 0.3) is 0 Å². The number of benzene rings is 1. The van der Waals surface area contributed by atoms with Crippen molar-refractivity contribution in [3.63, 3.8) is 0 Å². The van der Waals surface area contributed by atoms with E-state index < -0.39 is 0 Å². The second-order valence-electron chi connectivity index (χ2n) is 6.35. The smallest absolute Gasteiger partial charge is 0.0322 e. The number of piperidine rings is 1. The Balaban J connectivity index is 1.94. The molecule has 1 aromatic rings. The van der Waals surface area contributed by atoms with Crippen molar-refractivity contribution in [2.75, 3.05) is 13.1 Å². The molecule has 0 aromatic heterocycles. The van der Waals surface area contributed by atoms with Crippen molar-refractivity contribution < 1.29 is 0 Å². The predicted molar refractivity (Wildman–Crippen MR) is 87.1 cm³/mol. The van der Waals surface area contributed by atoms with Crippen molar-refractivity contribution in [3.05, 3.63) is 35.4 Å². The van der Waals surface area contributed by atoms with Crippen LogP contribution in [0.4, 0.5) is 0 Å². The molecule has 2 nitrogen and oxygen atoms in total. The zero-order valence-corrected chi connectivity index (χ0v) is 13.5. The summed E-state index contributed by atoms with van der Waals surface area (Å²) in [5.74, 6) is 0. The van der Waals surface area contributed by atoms with Gasteiger partial charge in [-0.15, -0.1) is 0 Å². The summed E-state index contributed by atoms with van der Waals surface area (Å²) in [7, 11) is 0. The van der Waals surface area contributed by atoms with Crippen LogP contribution in [0.15, 0.2) is 24.3 Å². The minimum absolute atomic E-state index is 0.526. The first kappa shape index (κ1) is 15.5. The van der Waals surface area contributed by atoms with Crippen molar-refractivity contribution in [2.24, 2.45) is 0 Å². The van der Waals surface area contributed by atoms with Crippen LogP contribution in [0.5, 0.6) is 0 Å². The van der Waals surface area contributed by atoms with Crippen molar-refractivity contribution >= 4 is 0 Å². The van der Waals surface area contributed by atoms with E-state index in [1.54, 1.807) is 0 Å². The number of aryl methyl sites for hydroxylation is 1. The van der Waals surface area contributed by atoms with Crippen LogP contribution in [-0.4, -0.2) is 30.1 Å². The lowest BCUT2D eigenvalue weighted by molar-refractivity contribution is 0.0956. The van der Waals surface area contributed by atoms with Gasteiger partial charge in [0.05, 0.1) is 0 Å². The summed E-state index contributed by atoms with van der Waals surface area (Å²) in [5.41, 5.74) is 2.79. The van der Waals surface area contributed by atoms with Gasteiger partial charge in [-0.2, -0.15) is 0 Å². The number of rotatable bonds is 5. The van der Waals surface area contributed by atoms with E-state index in [1.165, 1.54) is 36.9 Å². The van der Waals surface area contributed by atoms with E-state index >= 15 is 0 Å². The van der Waals surface area contributed by atoms with Crippen molar-refractivity contribution in [2.45, 2.75) is 65.1 Å². The summed E-state index contributed by atoms with van der Waals surface area (Å²) in [6, 6.07) is 10.9. The highest BCUT2D eigenvalue weighted by Crippen LogP contribution is 2.28. The van der Waals surface area contributed by atoms with Crippen LogP contribution in [0.25, 0.3) is 0 Å². The Morgan fingerprint density at radius 2 is 2.00 bits per heavy atom. The third-order valence-corrected chi connectivity index (χ3v) is 4.67. The first-order chi connectivity index (χ1) is 9.61. The second kappa shape index (κ2) is 7.24. The zero-order valence-electron chi connectivity index (χ0n) is 13.5. The lowest BCUT2D eigenvalue weighted by atomic mass is 9.94. The molecule has 1 aromatic carbocycles. The molecule has 0 bridgehead atoms. The Morgan fingerprint density at radius 1 is 1.30 bits per heavy atom. The molecule has 2 heteroatoms. The third kappa shape index (κ3) is 3.83. The number of nitrogens with one attached hydrogen (secondary N) is 1. The molecular formula is C18H30N2. The molecule has 0 saturated carbocycles. The molecule has 3 unspecified atom stereocenters. The first-order valence-corrected chi connectivity index (χ1v) is 8.17. The van der Waals surface area contributed by atoms with Crippen LogP contribution in [-0.2, 0) is 0 Å². The minimum Gasteiger partial charge on any atom is -0.314 e. The van der Waals surface area contributed by atoms with Gasteiger partial charge in [-0.1, -0.05) is 36.8 Å². The van der Waals surface area contributed by atoms with Gasteiger partial charge in [0.1, 0.15) is 0 Å². The fourth-order valence-corrected chi connectivity index (χ4v) is 3.34. The lowest BCUT2D eigenvalue weighted by Crippen LogP contribution is -2.48. The molecule has 2 rings (SSSR count). The molecule has 112 valence electrons. The molecule has 20 heavy (non-hydrogen) atoms. The molecule has 0 spiro atoms. The molecule has 1 aliphatic heterocycles. The molecule has 0 radical (unpaired) electrons. The van der Waals surface area contributed by atoms with E-state index in [9.17, 15) is 0 Å². The van der Waals surface area contributed by atoms with E-state index in [0.29, 0.717) is 18.1 Å². The fourth-order valence-electron chi connectivity index (χ4n) is 3.34. The van der Waals surface area contributed by atoms with E-state index in [-0.39, 0.29) is 0 Å². The fraction of sp³-hybridized carbons (Fsp3) is 0.667. The van der Waals surface area contributed by atoms with Gasteiger partial charge >= 0.3 is 0 Å². The van der Waals surface area contributed by atoms with Gasteiger partial charge in [0.15, 0.2) is 0 Å². The van der Waals surface area contributed by atoms with E-state index in [0.717, 1.165) is 6.54 Å². The molecule has 1 aliphatic rings. The van der Waals surface area contributed by atoms with Gasteiger partial charge in [-0.25, -0.2) is 0 Å². The molecule has 0 amide bonds. The van der Waals surface area contributed by atoms with Crippen LogP contribution in [0, 0.1) is 6.92 Å². The maximum Gasteiger partial charge on any atom is 0.0322 e. The number of hydrogen-bond acceptors (Lipinski definition) is 2. The number of nitrogens with zero attached hydrogens (tertiary/aromatic N) is 1. The Bertz CT molecular complexity index is 398. The van der Waals surface area contributed by atoms with Gasteiger partial charge in [-0.3, -0.25) is 4.90 Å². The highest BCUT2D eigenvalue weighted by Gasteiger charge is 2.28. The van der Waals surface area contributed by atoms with Crippen molar-refractivity contribution in [3.8, 4) is 0 Å². The van der Waals surface area contributed by atoms with Crippen LogP contribution < -0.4 is 5.32 Å². The Morgan fingerprint density at radius 3 is 2.60 bits per heavy atom. The van der Waals surface area contributed by atoms with E-state index in [1.807, 2.05) is 0 Å². The van der Waals surface area contributed by atoms with Crippen LogP contribution in [0.3, 0.4) is 0 Å². The monoisotopic (exact) mass is 274 g/mol. The molecule has 1 heterocycles. The maximum absolute atomic E-state index is 3.68. The average Bonchev–Trinajstić information content (AvgIpc) is 2.45. The lowest BCUT2D eigenvalue weighted by Gasteiger charge is -2.41. The molecule has 1 N–H and O–H groups in total. The zero-order chi connectivity index (χ0) is 14.5. The van der Waals surface area contributed by atoms with E-state index in [2.05, 4.69) is 62.2 Å². The molecule has 0 aliphatic carbocycles. The van der Waals surface area contributed by atoms with Gasteiger partial charge in [0.2, 0.25) is 0 Å². The van der Waals surface area contributed by atoms with Crippen LogP contribution >= 0.6 is 0 Å². The number of likely N-dealkylation sites (tertiary alicyclic amines) is 1. The maximum atomic E-state index is 3.68. The number of hydrogen-bond donors (Lipinski definition) is 1. The van der Waals surface area contributed by atoms with Gasteiger partial charge in [0, 0.05) is 24.7 Å². The van der Waals surface area contributed by atoms with Crippen molar-refractivity contribution in [1.82, 2.24) is 10.2 Å². The Labute approximate surface area is 124 Å². The minimum atomic E-state index is 0.526. The van der Waals surface area contributed by atoms with Crippen molar-refractivity contribution in [1.29, 1.82) is 0 Å². The largest absolute Gasteiger partial charge is 0.314 e. The quantitative estimate of drug-likeness (QED) is 0.876. The topological polar surface area (TPSA) is 15.3 Å². The van der Waals surface area contributed by atoms with E-state index in [4.69, 9.17) is 0 Å². The highest BCUT2D eigenvalue weighted by molar-refractivity contribution is 5.24. The molecule has 1 fully saturated rings. The van der Waals surface area contributed by atoms with Gasteiger partial charge < -0.3 is 5.32 Å². The average molecular weight is 274 g/mol. The summed E-state index contributed by atoms with van der Waals surface area (Å²) in [6.07, 6.45) is 3.78. The van der Waals surface area contributed by atoms with Crippen LogP contribution in [0.2, 0.25) is 0 Å².